The first-order valence-corrected chi connectivity index (χ1v) is 14.4. The molecule has 10 heteroatoms. The summed E-state index contributed by atoms with van der Waals surface area (Å²) in [5.74, 6) is -0.271. The molecule has 5 atom stereocenters. The summed E-state index contributed by atoms with van der Waals surface area (Å²) < 4.78 is 41.0. The minimum atomic E-state index is -4.02. The van der Waals surface area contributed by atoms with Crippen LogP contribution in [0.5, 0.6) is 0 Å². The van der Waals surface area contributed by atoms with Gasteiger partial charge in [0.05, 0.1) is 16.5 Å². The Morgan fingerprint density at radius 2 is 1.79 bits per heavy atom. The van der Waals surface area contributed by atoms with E-state index in [0.717, 1.165) is 18.4 Å². The van der Waals surface area contributed by atoms with Gasteiger partial charge in [-0.3, -0.25) is 19.5 Å². The number of allylic oxidation sites excluding steroid dienone is 1. The van der Waals surface area contributed by atoms with Crippen molar-refractivity contribution in [3.8, 4) is 0 Å². The molecule has 1 aliphatic heterocycles. The van der Waals surface area contributed by atoms with Crippen LogP contribution < -0.4 is 10.6 Å². The van der Waals surface area contributed by atoms with Gasteiger partial charge in [-0.15, -0.1) is 0 Å². The van der Waals surface area contributed by atoms with Crippen LogP contribution in [-0.4, -0.2) is 61.3 Å². The van der Waals surface area contributed by atoms with Gasteiger partial charge in [0.1, 0.15) is 11.6 Å². The van der Waals surface area contributed by atoms with Crippen molar-refractivity contribution >= 4 is 22.0 Å². The van der Waals surface area contributed by atoms with E-state index < -0.39 is 27.4 Å². The third-order valence-electron chi connectivity index (χ3n) is 6.40. The van der Waals surface area contributed by atoms with Gasteiger partial charge in [-0.25, -0.2) is 0 Å². The highest BCUT2D eigenvalue weighted by molar-refractivity contribution is 7.85. The molecule has 2 rings (SSSR count). The van der Waals surface area contributed by atoms with E-state index >= 15 is 0 Å². The average molecular weight is 555 g/mol. The lowest BCUT2D eigenvalue weighted by Crippen LogP contribution is -2.62. The van der Waals surface area contributed by atoms with Crippen LogP contribution in [0.2, 0.25) is 0 Å². The molecule has 38 heavy (non-hydrogen) atoms. The highest BCUT2D eigenvalue weighted by Gasteiger charge is 2.48. The van der Waals surface area contributed by atoms with Gasteiger partial charge in [-0.1, -0.05) is 43.2 Å². The number of hydrogen-bond acceptors (Lipinski definition) is 7. The largest absolute Gasteiger partial charge is 0.459 e. The van der Waals surface area contributed by atoms with Crippen molar-refractivity contribution in [3.63, 3.8) is 0 Å². The van der Waals surface area contributed by atoms with Crippen LogP contribution in [0.1, 0.15) is 73.3 Å². The zero-order valence-electron chi connectivity index (χ0n) is 24.2. The van der Waals surface area contributed by atoms with Crippen LogP contribution in [0.3, 0.4) is 0 Å². The second-order valence-electron chi connectivity index (χ2n) is 10.9. The summed E-state index contributed by atoms with van der Waals surface area (Å²) in [6, 6.07) is 5.18. The first-order chi connectivity index (χ1) is 17.5. The molecule has 0 saturated carbocycles. The van der Waals surface area contributed by atoms with Gasteiger partial charge in [-0.2, -0.15) is 8.42 Å². The molecule has 1 fully saturated rings. The quantitative estimate of drug-likeness (QED) is 0.235. The van der Waals surface area contributed by atoms with Crippen LogP contribution in [0.25, 0.3) is 0 Å². The van der Waals surface area contributed by atoms with Gasteiger partial charge in [0.2, 0.25) is 5.91 Å². The summed E-state index contributed by atoms with van der Waals surface area (Å²) in [4.78, 5) is 24.5. The number of carbonyl (C=O) groups is 2. The number of benzene rings is 1. The van der Waals surface area contributed by atoms with Crippen LogP contribution in [-0.2, 0) is 29.2 Å². The van der Waals surface area contributed by atoms with E-state index in [1.807, 2.05) is 47.6 Å². The van der Waals surface area contributed by atoms with Crippen LogP contribution >= 0.6 is 0 Å². The molecule has 0 spiro atoms. The second kappa shape index (κ2) is 14.2. The Labute approximate surface area is 228 Å². The highest BCUT2D eigenvalue weighted by Crippen LogP contribution is 2.33. The van der Waals surface area contributed by atoms with Crippen molar-refractivity contribution < 1.29 is 32.0 Å². The Hall–Kier alpha value is -2.27. The number of amides is 1. The van der Waals surface area contributed by atoms with Gasteiger partial charge in [0.25, 0.3) is 10.1 Å². The first kappa shape index (κ1) is 33.8. The van der Waals surface area contributed by atoms with Crippen molar-refractivity contribution in [2.24, 2.45) is 5.92 Å². The lowest BCUT2D eigenvalue weighted by Gasteiger charge is -2.41. The highest BCUT2D eigenvalue weighted by atomic mass is 32.2. The maximum Gasteiger partial charge on any atom is 0.323 e. The molecular formula is C28H46N2O7S. The zero-order chi connectivity index (χ0) is 29.3. The molecule has 1 aromatic carbocycles. The van der Waals surface area contributed by atoms with Gasteiger partial charge in [0, 0.05) is 20.1 Å². The Kier molecular flexibility index (Phi) is 12.6. The fourth-order valence-electron chi connectivity index (χ4n) is 4.60. The molecule has 1 aromatic rings. The Morgan fingerprint density at radius 3 is 2.21 bits per heavy atom. The number of rotatable bonds is 9. The molecule has 0 aromatic heterocycles. The Bertz CT molecular complexity index is 1050. The third kappa shape index (κ3) is 10.5. The predicted molar refractivity (Wildman–Crippen MR) is 148 cm³/mol. The molecule has 0 bridgehead atoms. The predicted octanol–water partition coefficient (Wildman–Crippen LogP) is 4.20. The molecule has 1 heterocycles. The summed E-state index contributed by atoms with van der Waals surface area (Å²) in [5.41, 5.74) is -0.119. The molecule has 9 nitrogen and oxygen atoms in total. The van der Waals surface area contributed by atoms with Gasteiger partial charge in [0.15, 0.2) is 0 Å². The molecule has 216 valence electrons. The van der Waals surface area contributed by atoms with Crippen molar-refractivity contribution in [1.82, 2.24) is 10.6 Å². The summed E-state index contributed by atoms with van der Waals surface area (Å²) in [6.07, 6.45) is 6.44. The smallest absolute Gasteiger partial charge is 0.323 e. The topological polar surface area (TPSA) is 131 Å². The average Bonchev–Trinajstić information content (AvgIpc) is 3.20. The lowest BCUT2D eigenvalue weighted by molar-refractivity contribution is -0.157. The summed E-state index contributed by atoms with van der Waals surface area (Å²) in [5, 5.41) is 6.51. The zero-order valence-corrected chi connectivity index (χ0v) is 25.0. The number of aryl methyl sites for hydroxylation is 1. The fourth-order valence-corrected chi connectivity index (χ4v) is 5.08. The number of nitrogens with one attached hydrogen (secondary N) is 2. The van der Waals surface area contributed by atoms with E-state index in [-0.39, 0.29) is 34.8 Å². The van der Waals surface area contributed by atoms with E-state index in [4.69, 9.17) is 14.0 Å². The number of carbonyl (C=O) groups excluding carboxylic acids is 2. The second-order valence-corrected chi connectivity index (χ2v) is 12.4. The van der Waals surface area contributed by atoms with E-state index in [2.05, 4.69) is 23.6 Å². The van der Waals surface area contributed by atoms with Crippen molar-refractivity contribution in [2.75, 3.05) is 7.11 Å². The normalized spacial score (nSPS) is 22.2. The minimum absolute atomic E-state index is 0.0666. The van der Waals surface area contributed by atoms with Gasteiger partial charge in [-0.05, 0) is 72.4 Å². The first-order valence-electron chi connectivity index (χ1n) is 13.0. The van der Waals surface area contributed by atoms with Crippen molar-refractivity contribution in [2.45, 2.75) is 109 Å². The summed E-state index contributed by atoms with van der Waals surface area (Å²) >= 11 is 0. The Balaban J connectivity index is 0.000000544. The third-order valence-corrected chi connectivity index (χ3v) is 7.27. The molecule has 1 amide bonds. The van der Waals surface area contributed by atoms with E-state index in [1.165, 1.54) is 19.1 Å². The molecule has 1 aliphatic rings. The van der Waals surface area contributed by atoms with Crippen LogP contribution in [0.15, 0.2) is 41.3 Å². The Morgan fingerprint density at radius 1 is 1.21 bits per heavy atom. The van der Waals surface area contributed by atoms with Crippen LogP contribution in [0, 0.1) is 12.8 Å². The minimum Gasteiger partial charge on any atom is -0.459 e. The SMILES string of the molecule is C/C=C\[C@@H]1C[C@H](C(=O)OC(C)(C)C)N[C@H]1[C@@H](NC(C)=O)[C@](C)(CCC)OC.Cc1ccc(S(=O)(=O)O)cc1. The van der Waals surface area contributed by atoms with Gasteiger partial charge < -0.3 is 14.8 Å². The summed E-state index contributed by atoms with van der Waals surface area (Å²) in [6.45, 7) is 15.0. The molecule has 1 saturated heterocycles. The van der Waals surface area contributed by atoms with E-state index in [0.29, 0.717) is 6.42 Å². The van der Waals surface area contributed by atoms with Crippen molar-refractivity contribution in [1.29, 1.82) is 0 Å². The molecular weight excluding hydrogens is 508 g/mol. The lowest BCUT2D eigenvalue weighted by atomic mass is 9.81. The maximum atomic E-state index is 12.6. The monoisotopic (exact) mass is 554 g/mol. The van der Waals surface area contributed by atoms with Gasteiger partial charge >= 0.3 is 5.97 Å². The summed E-state index contributed by atoms with van der Waals surface area (Å²) in [7, 11) is -2.34. The fraction of sp³-hybridized carbons (Fsp3) is 0.643. The number of methoxy groups -OCH3 is 1. The van der Waals surface area contributed by atoms with Crippen LogP contribution in [0.4, 0.5) is 0 Å². The molecule has 0 aliphatic carbocycles. The number of hydrogen-bond donors (Lipinski definition) is 3. The number of ether oxygens (including phenoxy) is 2. The van der Waals surface area contributed by atoms with Crippen molar-refractivity contribution in [3.05, 3.63) is 42.0 Å². The van der Waals surface area contributed by atoms with E-state index in [1.54, 1.807) is 19.2 Å². The number of esters is 1. The standard InChI is InChI=1S/C21H38N2O4.C7H8O3S/c1-9-11-15-13-16(19(25)27-20(4,5)6)23-17(15)18(22-14(3)24)21(7,26-8)12-10-2;1-6-2-4-7(5-3-6)11(8,9)10/h9,11,15-18,23H,10,12-13H2,1-8H3,(H,22,24);2-5H,1H3,(H,8,9,10)/b11-9-;/t15-,16-,17-,18-,21+;/m1./s1. The molecule has 0 radical (unpaired) electrons. The molecule has 0 unspecified atom stereocenters. The maximum absolute atomic E-state index is 12.6. The van der Waals surface area contributed by atoms with E-state index in [9.17, 15) is 18.0 Å². The molecule has 3 N–H and O–H groups in total.